The molecule has 0 saturated heterocycles. The van der Waals surface area contributed by atoms with Gasteiger partial charge in [0, 0.05) is 17.9 Å². The lowest BCUT2D eigenvalue weighted by Gasteiger charge is -2.12. The molecule has 0 heterocycles. The van der Waals surface area contributed by atoms with Gasteiger partial charge in [0.15, 0.2) is 0 Å². The van der Waals surface area contributed by atoms with Crippen LogP contribution in [0.4, 0.5) is 11.4 Å². The van der Waals surface area contributed by atoms with Gasteiger partial charge in [0.25, 0.3) is 0 Å². The molecule has 0 aromatic heterocycles. The van der Waals surface area contributed by atoms with E-state index in [9.17, 15) is 0 Å². The van der Waals surface area contributed by atoms with E-state index in [2.05, 4.69) is 35.9 Å². The van der Waals surface area contributed by atoms with Gasteiger partial charge in [0.2, 0.25) is 0 Å². The average molecular weight is 279 g/mol. The summed E-state index contributed by atoms with van der Waals surface area (Å²) in [4.78, 5) is 0. The number of hydrogen-bond donors (Lipinski definition) is 3. The second-order valence-electron chi connectivity index (χ2n) is 5.02. The van der Waals surface area contributed by atoms with Crippen molar-refractivity contribution in [1.82, 2.24) is 5.32 Å². The molecule has 2 aromatic rings. The molecule has 0 bridgehead atoms. The fourth-order valence-electron chi connectivity index (χ4n) is 1.92. The van der Waals surface area contributed by atoms with Crippen molar-refractivity contribution in [1.29, 1.82) is 0 Å². The number of nitrogens with one attached hydrogen (secondary N) is 2. The smallest absolute Gasteiger partial charge is 0.0617 e. The van der Waals surface area contributed by atoms with Crippen molar-refractivity contribution in [2.75, 3.05) is 11.1 Å². The van der Waals surface area contributed by atoms with Crippen LogP contribution in [0.1, 0.15) is 18.1 Å². The first kappa shape index (κ1) is 14.7. The number of nitrogens with two attached hydrogens (primary N) is 1. The third kappa shape index (κ3) is 4.14. The number of rotatable bonds is 6. The van der Waals surface area contributed by atoms with Crippen LogP contribution in [0.3, 0.4) is 0 Å². The van der Waals surface area contributed by atoms with Gasteiger partial charge < -0.3 is 16.4 Å². The summed E-state index contributed by atoms with van der Waals surface area (Å²) < 4.78 is 0. The lowest BCUT2D eigenvalue weighted by Crippen LogP contribution is -2.09. The third-order valence-electron chi connectivity index (χ3n) is 3.14. The van der Waals surface area contributed by atoms with Gasteiger partial charge in [-0.2, -0.15) is 0 Å². The largest absolute Gasteiger partial charge is 0.397 e. The van der Waals surface area contributed by atoms with E-state index in [1.54, 1.807) is 0 Å². The Morgan fingerprint density at radius 3 is 2.33 bits per heavy atom. The second-order valence-corrected chi connectivity index (χ2v) is 5.02. The van der Waals surface area contributed by atoms with E-state index in [1.165, 1.54) is 5.56 Å². The minimum Gasteiger partial charge on any atom is -0.397 e. The summed E-state index contributed by atoms with van der Waals surface area (Å²) in [5.74, 6) is 0. The predicted molar refractivity (Wildman–Crippen MR) is 91.6 cm³/mol. The Kier molecular flexibility index (Phi) is 4.67. The normalized spacial score (nSPS) is 9.95. The fraction of sp³-hybridized carbons (Fsp3) is 0.111. The van der Waals surface area contributed by atoms with Crippen LogP contribution >= 0.6 is 0 Å². The van der Waals surface area contributed by atoms with E-state index in [0.717, 1.165) is 29.2 Å². The molecular weight excluding hydrogens is 258 g/mol. The number of nitrogen functional groups attached to an aromatic ring is 1. The summed E-state index contributed by atoms with van der Waals surface area (Å²) in [7, 11) is 0. The lowest BCUT2D eigenvalue weighted by molar-refractivity contribution is 0.816. The summed E-state index contributed by atoms with van der Waals surface area (Å²) in [6.45, 7) is 10.6. The van der Waals surface area contributed by atoms with Crippen molar-refractivity contribution in [2.24, 2.45) is 0 Å². The summed E-state index contributed by atoms with van der Waals surface area (Å²) in [6.07, 6.45) is 0. The first-order valence-corrected chi connectivity index (χ1v) is 6.85. The minimum absolute atomic E-state index is 0.709. The molecule has 0 radical (unpaired) electrons. The van der Waals surface area contributed by atoms with Crippen LogP contribution in [0.2, 0.25) is 0 Å². The summed E-state index contributed by atoms with van der Waals surface area (Å²) >= 11 is 0. The molecule has 0 fully saturated rings. The highest BCUT2D eigenvalue weighted by Crippen LogP contribution is 2.22. The predicted octanol–water partition coefficient (Wildman–Crippen LogP) is 3.97. The van der Waals surface area contributed by atoms with E-state index in [0.29, 0.717) is 5.69 Å². The van der Waals surface area contributed by atoms with Crippen LogP contribution in [0.15, 0.2) is 67.4 Å². The molecule has 0 unspecified atom stereocenters. The number of hydrogen-bond acceptors (Lipinski definition) is 3. The van der Waals surface area contributed by atoms with Crippen LogP contribution in [0.25, 0.3) is 5.70 Å². The van der Waals surface area contributed by atoms with Crippen molar-refractivity contribution in [3.05, 3.63) is 78.5 Å². The van der Waals surface area contributed by atoms with Crippen molar-refractivity contribution in [2.45, 2.75) is 13.5 Å². The molecule has 0 aliphatic rings. The van der Waals surface area contributed by atoms with E-state index in [1.807, 2.05) is 43.3 Å². The molecule has 0 saturated carbocycles. The van der Waals surface area contributed by atoms with Crippen LogP contribution in [-0.2, 0) is 6.54 Å². The Morgan fingerprint density at radius 1 is 1.05 bits per heavy atom. The molecule has 21 heavy (non-hydrogen) atoms. The summed E-state index contributed by atoms with van der Waals surface area (Å²) in [5.41, 5.74) is 11.5. The van der Waals surface area contributed by atoms with Crippen LogP contribution in [0, 0.1) is 0 Å². The average Bonchev–Trinajstić information content (AvgIpc) is 2.48. The molecule has 3 nitrogen and oxygen atoms in total. The molecule has 4 N–H and O–H groups in total. The van der Waals surface area contributed by atoms with E-state index >= 15 is 0 Å². The highest BCUT2D eigenvalue weighted by atomic mass is 14.9. The number of anilines is 2. The van der Waals surface area contributed by atoms with E-state index in [4.69, 9.17) is 5.73 Å². The first-order chi connectivity index (χ1) is 10.1. The van der Waals surface area contributed by atoms with Gasteiger partial charge in [-0.25, -0.2) is 0 Å². The van der Waals surface area contributed by atoms with E-state index in [-0.39, 0.29) is 0 Å². The van der Waals surface area contributed by atoms with E-state index < -0.39 is 0 Å². The second kappa shape index (κ2) is 6.66. The molecule has 108 valence electrons. The summed E-state index contributed by atoms with van der Waals surface area (Å²) in [6, 6.07) is 15.9. The van der Waals surface area contributed by atoms with Crippen molar-refractivity contribution in [3.63, 3.8) is 0 Å². The van der Waals surface area contributed by atoms with Gasteiger partial charge in [0.05, 0.1) is 11.4 Å². The maximum absolute atomic E-state index is 5.92. The summed E-state index contributed by atoms with van der Waals surface area (Å²) in [5, 5.41) is 6.46. The zero-order valence-electron chi connectivity index (χ0n) is 12.3. The van der Waals surface area contributed by atoms with Crippen LogP contribution in [0.5, 0.6) is 0 Å². The van der Waals surface area contributed by atoms with Crippen LogP contribution in [-0.4, -0.2) is 0 Å². The Morgan fingerprint density at radius 2 is 1.71 bits per heavy atom. The maximum Gasteiger partial charge on any atom is 0.0617 e. The minimum atomic E-state index is 0.709. The maximum atomic E-state index is 5.92. The first-order valence-electron chi connectivity index (χ1n) is 6.85. The van der Waals surface area contributed by atoms with Crippen LogP contribution < -0.4 is 16.4 Å². The van der Waals surface area contributed by atoms with Crippen molar-refractivity contribution in [3.8, 4) is 0 Å². The van der Waals surface area contributed by atoms with Gasteiger partial charge in [-0.05, 0) is 30.2 Å². The third-order valence-corrected chi connectivity index (χ3v) is 3.14. The number of para-hydroxylation sites is 2. The zero-order chi connectivity index (χ0) is 15.2. The quantitative estimate of drug-likeness (QED) is 0.701. The van der Waals surface area contributed by atoms with Crippen molar-refractivity contribution < 1.29 is 0 Å². The SMILES string of the molecule is C=C(C)NCc1ccc(C(=C)Nc2ccccc2N)cc1. The molecule has 0 aliphatic heterocycles. The van der Waals surface area contributed by atoms with Gasteiger partial charge in [-0.15, -0.1) is 0 Å². The highest BCUT2D eigenvalue weighted by molar-refractivity contribution is 5.80. The number of benzene rings is 2. The Hall–Kier alpha value is -2.68. The molecule has 0 aliphatic carbocycles. The topological polar surface area (TPSA) is 50.1 Å². The molecule has 2 rings (SSSR count). The highest BCUT2D eigenvalue weighted by Gasteiger charge is 2.02. The van der Waals surface area contributed by atoms with Crippen molar-refractivity contribution >= 4 is 17.1 Å². The van der Waals surface area contributed by atoms with Gasteiger partial charge in [0.1, 0.15) is 0 Å². The van der Waals surface area contributed by atoms with Gasteiger partial charge in [-0.3, -0.25) is 0 Å². The standard InChI is InChI=1S/C18H21N3/c1-13(2)20-12-15-8-10-16(11-9-15)14(3)21-18-7-5-4-6-17(18)19/h4-11,20-21H,1,3,12,19H2,2H3. The monoisotopic (exact) mass is 279 g/mol. The number of allylic oxidation sites excluding steroid dienone is 1. The molecular formula is C18H21N3. The molecule has 0 amide bonds. The molecule has 0 atom stereocenters. The van der Waals surface area contributed by atoms with Gasteiger partial charge in [-0.1, -0.05) is 49.6 Å². The zero-order valence-corrected chi connectivity index (χ0v) is 12.3. The Labute approximate surface area is 126 Å². The lowest BCUT2D eigenvalue weighted by atomic mass is 10.1. The molecule has 3 heteroatoms. The molecule has 0 spiro atoms. The van der Waals surface area contributed by atoms with Gasteiger partial charge >= 0.3 is 0 Å². The Bertz CT molecular complexity index is 642. The fourth-order valence-corrected chi connectivity index (χ4v) is 1.92. The Balaban J connectivity index is 2.03. The molecule has 2 aromatic carbocycles.